The van der Waals surface area contributed by atoms with Crippen molar-refractivity contribution in [3.63, 3.8) is 0 Å². The normalized spacial score (nSPS) is 16.9. The van der Waals surface area contributed by atoms with Gasteiger partial charge in [0.25, 0.3) is 0 Å². The van der Waals surface area contributed by atoms with Gasteiger partial charge in [-0.15, -0.1) is 5.10 Å². The van der Waals surface area contributed by atoms with E-state index in [1.807, 2.05) is 29.3 Å². The van der Waals surface area contributed by atoms with Crippen molar-refractivity contribution in [3.05, 3.63) is 34.3 Å². The first-order valence-corrected chi connectivity index (χ1v) is 9.40. The molecule has 114 valence electrons. The van der Waals surface area contributed by atoms with Crippen LogP contribution in [0.3, 0.4) is 0 Å². The summed E-state index contributed by atoms with van der Waals surface area (Å²) < 4.78 is 1.67. The minimum atomic E-state index is -0.494. The van der Waals surface area contributed by atoms with Gasteiger partial charge in [0.1, 0.15) is 0 Å². The Hall–Kier alpha value is -1.65. The number of thiophene rings is 1. The maximum atomic E-state index is 12.3. The number of carbonyl (C=O) groups excluding carboxylic acids is 1. The smallest absolute Gasteiger partial charge is 0.164 e. The molecule has 3 rings (SSSR count). The Balaban J connectivity index is 1.77. The van der Waals surface area contributed by atoms with E-state index in [4.69, 9.17) is 0 Å². The highest BCUT2D eigenvalue weighted by atomic mass is 32.2. The van der Waals surface area contributed by atoms with Crippen molar-refractivity contribution < 1.29 is 4.79 Å². The second kappa shape index (κ2) is 6.23. The summed E-state index contributed by atoms with van der Waals surface area (Å²) in [7, 11) is 0. The summed E-state index contributed by atoms with van der Waals surface area (Å²) in [6.07, 6.45) is 5.94. The van der Waals surface area contributed by atoms with Crippen LogP contribution in [-0.2, 0) is 5.54 Å². The molecular formula is C15H16N4OS2. The largest absolute Gasteiger partial charge is 0.294 e. The fourth-order valence-electron chi connectivity index (χ4n) is 2.40. The van der Waals surface area contributed by atoms with Crippen molar-refractivity contribution in [2.75, 3.05) is 12.0 Å². The molecule has 0 amide bonds. The Morgan fingerprint density at radius 1 is 1.64 bits per heavy atom. The molecule has 0 unspecified atom stereocenters. The topological polar surface area (TPSA) is 71.6 Å². The van der Waals surface area contributed by atoms with Gasteiger partial charge in [-0.3, -0.25) is 4.79 Å². The van der Waals surface area contributed by atoms with E-state index in [2.05, 4.69) is 16.4 Å². The van der Waals surface area contributed by atoms with Gasteiger partial charge in [-0.1, -0.05) is 5.21 Å². The molecule has 2 aromatic rings. The van der Waals surface area contributed by atoms with Crippen LogP contribution < -0.4 is 0 Å². The van der Waals surface area contributed by atoms with E-state index < -0.39 is 5.54 Å². The van der Waals surface area contributed by atoms with Crippen LogP contribution in [-0.4, -0.2) is 32.8 Å². The number of Topliss-reactive ketones (excluding diaryl/α,β-unsaturated/α-hetero) is 1. The number of thioether (sulfide) groups is 1. The van der Waals surface area contributed by atoms with Crippen LogP contribution in [0, 0.1) is 11.3 Å². The van der Waals surface area contributed by atoms with Gasteiger partial charge in [-0.2, -0.15) is 28.4 Å². The summed E-state index contributed by atoms with van der Waals surface area (Å²) in [5, 5.41) is 21.4. The van der Waals surface area contributed by atoms with Crippen molar-refractivity contribution in [2.24, 2.45) is 0 Å². The molecule has 0 aliphatic heterocycles. The number of aromatic nitrogens is 3. The van der Waals surface area contributed by atoms with E-state index in [0.717, 1.165) is 29.9 Å². The van der Waals surface area contributed by atoms with Gasteiger partial charge in [-0.25, -0.2) is 4.68 Å². The SMILES string of the molecule is CSC[C@H](CC(=O)c1ccsc1)c1cn(C2(C#N)CC2)nn1. The van der Waals surface area contributed by atoms with Gasteiger partial charge in [0, 0.05) is 29.0 Å². The van der Waals surface area contributed by atoms with Crippen LogP contribution in [0.4, 0.5) is 0 Å². The second-order valence-electron chi connectivity index (χ2n) is 5.52. The molecule has 2 aromatic heterocycles. The van der Waals surface area contributed by atoms with Gasteiger partial charge in [0.2, 0.25) is 0 Å². The molecule has 1 aliphatic rings. The van der Waals surface area contributed by atoms with Crippen LogP contribution in [0.5, 0.6) is 0 Å². The fourth-order valence-corrected chi connectivity index (χ4v) is 3.75. The van der Waals surface area contributed by atoms with Gasteiger partial charge in [-0.05, 0) is 30.5 Å². The third-order valence-electron chi connectivity index (χ3n) is 3.94. The lowest BCUT2D eigenvalue weighted by atomic mass is 9.99. The molecule has 2 heterocycles. The highest BCUT2D eigenvalue weighted by Crippen LogP contribution is 2.42. The monoisotopic (exact) mass is 332 g/mol. The Labute approximate surface area is 137 Å². The minimum absolute atomic E-state index is 0.0330. The highest BCUT2D eigenvalue weighted by Gasteiger charge is 2.46. The molecule has 1 saturated carbocycles. The minimum Gasteiger partial charge on any atom is -0.294 e. The third-order valence-corrected chi connectivity index (χ3v) is 5.36. The molecule has 0 bridgehead atoms. The lowest BCUT2D eigenvalue weighted by Gasteiger charge is -2.11. The number of rotatable bonds is 7. The third kappa shape index (κ3) is 2.94. The summed E-state index contributed by atoms with van der Waals surface area (Å²) in [5.74, 6) is 0.982. The first-order valence-electron chi connectivity index (χ1n) is 7.07. The summed E-state index contributed by atoms with van der Waals surface area (Å²) in [5.41, 5.74) is 1.07. The Morgan fingerprint density at radius 2 is 2.45 bits per heavy atom. The summed E-state index contributed by atoms with van der Waals surface area (Å²) >= 11 is 3.22. The van der Waals surface area contributed by atoms with Crippen LogP contribution in [0.2, 0.25) is 0 Å². The Bertz CT molecular complexity index is 697. The highest BCUT2D eigenvalue weighted by molar-refractivity contribution is 7.98. The molecule has 1 fully saturated rings. The molecular weight excluding hydrogens is 316 g/mol. The number of nitriles is 1. The lowest BCUT2D eigenvalue weighted by Crippen LogP contribution is -2.15. The zero-order chi connectivity index (χ0) is 15.6. The predicted octanol–water partition coefficient (Wildman–Crippen LogP) is 3.07. The van der Waals surface area contributed by atoms with Crippen LogP contribution in [0.25, 0.3) is 0 Å². The molecule has 1 atom stereocenters. The van der Waals surface area contributed by atoms with E-state index in [9.17, 15) is 10.1 Å². The fraction of sp³-hybridized carbons (Fsp3) is 0.467. The number of hydrogen-bond acceptors (Lipinski definition) is 6. The molecule has 0 aromatic carbocycles. The molecule has 22 heavy (non-hydrogen) atoms. The first-order chi connectivity index (χ1) is 10.7. The van der Waals surface area contributed by atoms with Crippen molar-refractivity contribution in [2.45, 2.75) is 30.7 Å². The number of hydrogen-bond donors (Lipinski definition) is 0. The zero-order valence-electron chi connectivity index (χ0n) is 12.2. The van der Waals surface area contributed by atoms with E-state index >= 15 is 0 Å². The zero-order valence-corrected chi connectivity index (χ0v) is 13.9. The van der Waals surface area contributed by atoms with E-state index in [1.54, 1.807) is 16.4 Å². The first kappa shape index (κ1) is 15.3. The van der Waals surface area contributed by atoms with Crippen molar-refractivity contribution in [1.29, 1.82) is 5.26 Å². The van der Waals surface area contributed by atoms with E-state index in [0.29, 0.717) is 6.42 Å². The van der Waals surface area contributed by atoms with Crippen molar-refractivity contribution >= 4 is 28.9 Å². The molecule has 0 spiro atoms. The molecule has 0 N–H and O–H groups in total. The average Bonchev–Trinajstić information content (AvgIpc) is 2.97. The lowest BCUT2D eigenvalue weighted by molar-refractivity contribution is 0.0976. The summed E-state index contributed by atoms with van der Waals surface area (Å²) in [4.78, 5) is 12.3. The quantitative estimate of drug-likeness (QED) is 0.729. The van der Waals surface area contributed by atoms with Crippen molar-refractivity contribution in [1.82, 2.24) is 15.0 Å². The number of carbonyl (C=O) groups is 1. The summed E-state index contributed by atoms with van der Waals surface area (Å²) in [6, 6.07) is 4.16. The van der Waals surface area contributed by atoms with Gasteiger partial charge >= 0.3 is 0 Å². The number of nitrogens with zero attached hydrogens (tertiary/aromatic N) is 4. The second-order valence-corrected chi connectivity index (χ2v) is 7.21. The van der Waals surface area contributed by atoms with Gasteiger partial charge < -0.3 is 0 Å². The predicted molar refractivity (Wildman–Crippen MR) is 87.2 cm³/mol. The molecule has 7 heteroatoms. The maximum absolute atomic E-state index is 12.3. The van der Waals surface area contributed by atoms with Crippen LogP contribution in [0.15, 0.2) is 23.0 Å². The van der Waals surface area contributed by atoms with Gasteiger partial charge in [0.05, 0.1) is 18.0 Å². The molecule has 0 saturated heterocycles. The van der Waals surface area contributed by atoms with Crippen LogP contribution >= 0.6 is 23.1 Å². The summed E-state index contributed by atoms with van der Waals surface area (Å²) in [6.45, 7) is 0. The van der Waals surface area contributed by atoms with E-state index in [1.165, 1.54) is 11.3 Å². The standard InChI is InChI=1S/C15H16N4OS2/c1-21-8-12(6-14(20)11-2-5-22-9-11)13-7-19(18-17-13)15(10-16)3-4-15/h2,5,7,9,12H,3-4,6,8H2,1H3/t12-/m0/s1. The Morgan fingerprint density at radius 3 is 3.05 bits per heavy atom. The van der Waals surface area contributed by atoms with Crippen LogP contribution in [0.1, 0.15) is 41.2 Å². The van der Waals surface area contributed by atoms with Gasteiger partial charge in [0.15, 0.2) is 11.3 Å². The van der Waals surface area contributed by atoms with Crippen molar-refractivity contribution in [3.8, 4) is 6.07 Å². The molecule has 1 aliphatic carbocycles. The molecule has 0 radical (unpaired) electrons. The molecule has 5 nitrogen and oxygen atoms in total. The maximum Gasteiger partial charge on any atom is 0.164 e. The average molecular weight is 332 g/mol. The van der Waals surface area contributed by atoms with E-state index in [-0.39, 0.29) is 11.7 Å². The number of ketones is 1. The Kier molecular flexibility index (Phi) is 4.32.